The summed E-state index contributed by atoms with van der Waals surface area (Å²) in [7, 11) is 1.72. The van der Waals surface area contributed by atoms with Crippen LogP contribution < -0.4 is 4.74 Å². The maximum Gasteiger partial charge on any atom is 0.414 e. The molecule has 3 rings (SSSR count). The first-order valence-corrected chi connectivity index (χ1v) is 9.85. The second kappa shape index (κ2) is 11.2. The van der Waals surface area contributed by atoms with Crippen molar-refractivity contribution >= 4 is 11.9 Å². The molecule has 2 N–H and O–H groups in total. The normalized spacial score (nSPS) is 16.4. The Morgan fingerprint density at radius 1 is 0.967 bits per heavy atom. The zero-order chi connectivity index (χ0) is 22.1. The van der Waals surface area contributed by atoms with Gasteiger partial charge in [0.1, 0.15) is 5.75 Å². The average molecular weight is 411 g/mol. The molecule has 2 aromatic carbocycles. The van der Waals surface area contributed by atoms with Gasteiger partial charge in [0.25, 0.3) is 0 Å². The van der Waals surface area contributed by atoms with Crippen LogP contribution in [0.4, 0.5) is 0 Å². The average Bonchev–Trinajstić information content (AvgIpc) is 2.75. The zero-order valence-corrected chi connectivity index (χ0v) is 17.7. The van der Waals surface area contributed by atoms with Gasteiger partial charge in [-0.1, -0.05) is 53.6 Å². The first-order chi connectivity index (χ1) is 14.3. The summed E-state index contributed by atoms with van der Waals surface area (Å²) < 4.78 is 5.28. The van der Waals surface area contributed by atoms with Crippen molar-refractivity contribution in [3.8, 4) is 5.75 Å². The summed E-state index contributed by atoms with van der Waals surface area (Å²) in [4.78, 5) is 20.8. The molecule has 0 fully saturated rings. The third kappa shape index (κ3) is 6.74. The fourth-order valence-corrected chi connectivity index (χ4v) is 3.50. The molecular formula is C24H29NO5. The predicted molar refractivity (Wildman–Crippen MR) is 116 cm³/mol. The molecule has 0 aliphatic carbocycles. The summed E-state index contributed by atoms with van der Waals surface area (Å²) in [5.41, 5.74) is 5.85. The second-order valence-electron chi connectivity index (χ2n) is 7.35. The monoisotopic (exact) mass is 411 g/mol. The van der Waals surface area contributed by atoms with Gasteiger partial charge in [0.05, 0.1) is 7.11 Å². The molecule has 0 saturated carbocycles. The molecule has 160 valence electrons. The van der Waals surface area contributed by atoms with E-state index in [1.54, 1.807) is 12.7 Å². The van der Waals surface area contributed by atoms with Crippen molar-refractivity contribution in [2.75, 3.05) is 13.7 Å². The van der Waals surface area contributed by atoms with E-state index in [1.807, 2.05) is 0 Å². The molecule has 0 saturated heterocycles. The van der Waals surface area contributed by atoms with Crippen molar-refractivity contribution in [3.05, 3.63) is 76.9 Å². The summed E-state index contributed by atoms with van der Waals surface area (Å²) in [5.74, 6) is -2.73. The van der Waals surface area contributed by atoms with Crippen LogP contribution in [0.15, 0.2) is 65.7 Å². The van der Waals surface area contributed by atoms with Crippen LogP contribution in [0.25, 0.3) is 0 Å². The summed E-state index contributed by atoms with van der Waals surface area (Å²) in [6, 6.07) is 19.8. The number of nitrogens with zero attached hydrogens (tertiary/aromatic N) is 1. The SMILES string of the molecule is COc1ccc(CC2C(C)=C(C)CCN2Cc2ccccc2)cc1.O=C(O)C(=O)O. The molecule has 0 radical (unpaired) electrons. The van der Waals surface area contributed by atoms with Crippen LogP contribution in [-0.2, 0) is 22.6 Å². The van der Waals surface area contributed by atoms with Gasteiger partial charge in [-0.15, -0.1) is 0 Å². The number of rotatable bonds is 5. The second-order valence-corrected chi connectivity index (χ2v) is 7.35. The molecule has 2 aromatic rings. The summed E-state index contributed by atoms with van der Waals surface area (Å²) in [6.45, 7) is 6.75. The Hall–Kier alpha value is -3.12. The Kier molecular flexibility index (Phi) is 8.62. The molecule has 30 heavy (non-hydrogen) atoms. The van der Waals surface area contributed by atoms with Crippen LogP contribution in [0.5, 0.6) is 5.75 Å². The van der Waals surface area contributed by atoms with Gasteiger partial charge in [-0.05, 0) is 49.9 Å². The van der Waals surface area contributed by atoms with E-state index < -0.39 is 11.9 Å². The fraction of sp³-hybridized carbons (Fsp3) is 0.333. The third-order valence-corrected chi connectivity index (χ3v) is 5.39. The molecule has 1 aliphatic rings. The number of hydrogen-bond acceptors (Lipinski definition) is 4. The van der Waals surface area contributed by atoms with E-state index in [-0.39, 0.29) is 0 Å². The predicted octanol–water partition coefficient (Wildman–Crippen LogP) is 4.00. The summed E-state index contributed by atoms with van der Waals surface area (Å²) >= 11 is 0. The molecular weight excluding hydrogens is 382 g/mol. The fourth-order valence-electron chi connectivity index (χ4n) is 3.50. The van der Waals surface area contributed by atoms with Gasteiger partial charge in [-0.3, -0.25) is 4.90 Å². The van der Waals surface area contributed by atoms with Gasteiger partial charge in [0, 0.05) is 19.1 Å². The lowest BCUT2D eigenvalue weighted by Gasteiger charge is -2.38. The van der Waals surface area contributed by atoms with Gasteiger partial charge < -0.3 is 14.9 Å². The van der Waals surface area contributed by atoms with E-state index in [9.17, 15) is 0 Å². The molecule has 0 bridgehead atoms. The number of aliphatic carboxylic acids is 2. The Balaban J connectivity index is 0.000000469. The Labute approximate surface area is 177 Å². The molecule has 1 aliphatic heterocycles. The number of methoxy groups -OCH3 is 1. The highest BCUT2D eigenvalue weighted by Crippen LogP contribution is 2.28. The number of carboxylic acid groups (broad SMARTS) is 2. The molecule has 0 aromatic heterocycles. The number of benzene rings is 2. The minimum absolute atomic E-state index is 0.479. The van der Waals surface area contributed by atoms with Gasteiger partial charge in [0.15, 0.2) is 0 Å². The molecule has 0 amide bonds. The van der Waals surface area contributed by atoms with E-state index in [4.69, 9.17) is 24.5 Å². The molecule has 0 spiro atoms. The van der Waals surface area contributed by atoms with Crippen LogP contribution in [-0.4, -0.2) is 46.7 Å². The standard InChI is InChI=1S/C22H27NO.C2H2O4/c1-17-13-14-23(16-20-7-5-4-6-8-20)22(18(17)2)15-19-9-11-21(24-3)12-10-19;3-1(4)2(5)6/h4-12,22H,13-16H2,1-3H3;(H,3,4)(H,5,6). The smallest absolute Gasteiger partial charge is 0.414 e. The highest BCUT2D eigenvalue weighted by atomic mass is 16.5. The molecule has 1 atom stereocenters. The molecule has 6 heteroatoms. The Morgan fingerprint density at radius 3 is 2.10 bits per heavy atom. The van der Waals surface area contributed by atoms with E-state index >= 15 is 0 Å². The first-order valence-electron chi connectivity index (χ1n) is 9.85. The van der Waals surface area contributed by atoms with Crippen molar-refractivity contribution in [2.24, 2.45) is 0 Å². The lowest BCUT2D eigenvalue weighted by atomic mass is 9.90. The zero-order valence-electron chi connectivity index (χ0n) is 17.7. The van der Waals surface area contributed by atoms with E-state index in [2.05, 4.69) is 73.3 Å². The number of carboxylic acids is 2. The molecule has 1 heterocycles. The quantitative estimate of drug-likeness (QED) is 0.571. The maximum absolute atomic E-state index is 9.10. The van der Waals surface area contributed by atoms with Gasteiger partial charge >= 0.3 is 11.9 Å². The Bertz CT molecular complexity index is 862. The summed E-state index contributed by atoms with van der Waals surface area (Å²) in [6.07, 6.45) is 2.23. The van der Waals surface area contributed by atoms with Crippen molar-refractivity contribution in [1.82, 2.24) is 4.90 Å². The highest BCUT2D eigenvalue weighted by Gasteiger charge is 2.25. The minimum atomic E-state index is -1.82. The summed E-state index contributed by atoms with van der Waals surface area (Å²) in [5, 5.41) is 14.8. The van der Waals surface area contributed by atoms with Crippen molar-refractivity contribution in [2.45, 2.75) is 39.3 Å². The van der Waals surface area contributed by atoms with Gasteiger partial charge in [0.2, 0.25) is 0 Å². The van der Waals surface area contributed by atoms with Gasteiger partial charge in [-0.2, -0.15) is 0 Å². The van der Waals surface area contributed by atoms with E-state index in [1.165, 1.54) is 23.1 Å². The largest absolute Gasteiger partial charge is 0.497 e. The topological polar surface area (TPSA) is 87.1 Å². The molecule has 1 unspecified atom stereocenters. The minimum Gasteiger partial charge on any atom is -0.497 e. The van der Waals surface area contributed by atoms with E-state index in [0.29, 0.717) is 6.04 Å². The third-order valence-electron chi connectivity index (χ3n) is 5.39. The first kappa shape index (κ1) is 23.2. The van der Waals surface area contributed by atoms with Crippen molar-refractivity contribution in [1.29, 1.82) is 0 Å². The van der Waals surface area contributed by atoms with Crippen LogP contribution in [0, 0.1) is 0 Å². The highest BCUT2D eigenvalue weighted by molar-refractivity contribution is 6.27. The molecule has 6 nitrogen and oxygen atoms in total. The van der Waals surface area contributed by atoms with Crippen LogP contribution in [0.3, 0.4) is 0 Å². The number of carbonyl (C=O) groups is 2. The van der Waals surface area contributed by atoms with Crippen molar-refractivity contribution in [3.63, 3.8) is 0 Å². The van der Waals surface area contributed by atoms with Gasteiger partial charge in [-0.25, -0.2) is 9.59 Å². The van der Waals surface area contributed by atoms with E-state index in [0.717, 1.165) is 25.3 Å². The van der Waals surface area contributed by atoms with Crippen LogP contribution in [0.2, 0.25) is 0 Å². The van der Waals surface area contributed by atoms with Crippen LogP contribution >= 0.6 is 0 Å². The van der Waals surface area contributed by atoms with Crippen LogP contribution in [0.1, 0.15) is 31.4 Å². The van der Waals surface area contributed by atoms with Crippen molar-refractivity contribution < 1.29 is 24.5 Å². The number of hydrogen-bond donors (Lipinski definition) is 2. The lowest BCUT2D eigenvalue weighted by molar-refractivity contribution is -0.159. The maximum atomic E-state index is 9.10. The lowest BCUT2D eigenvalue weighted by Crippen LogP contribution is -2.41. The number of ether oxygens (including phenoxy) is 1. The Morgan fingerprint density at radius 2 is 1.57 bits per heavy atom.